The molecule has 0 amide bonds. The van der Waals surface area contributed by atoms with Gasteiger partial charge in [0.1, 0.15) is 16.3 Å². The minimum absolute atomic E-state index is 0.0996. The predicted molar refractivity (Wildman–Crippen MR) is 79.9 cm³/mol. The lowest BCUT2D eigenvalue weighted by Gasteiger charge is -2.15. The van der Waals surface area contributed by atoms with Crippen LogP contribution in [0.15, 0.2) is 33.4 Å². The third kappa shape index (κ3) is 2.60. The second-order valence-electron chi connectivity index (χ2n) is 3.84. The monoisotopic (exact) mass is 392 g/mol. The lowest BCUT2D eigenvalue weighted by molar-refractivity contribution is 0.405. The number of furan rings is 1. The molecular formula is C13H11Br2ClO2. The van der Waals surface area contributed by atoms with Crippen LogP contribution in [0, 0.1) is 6.92 Å². The number of ether oxygens (including phenoxy) is 1. The average molecular weight is 394 g/mol. The summed E-state index contributed by atoms with van der Waals surface area (Å²) >= 11 is 13.2. The molecule has 0 aliphatic rings. The number of methoxy groups -OCH3 is 1. The van der Waals surface area contributed by atoms with E-state index in [1.807, 2.05) is 19.1 Å². The molecule has 96 valence electrons. The molecule has 0 saturated heterocycles. The van der Waals surface area contributed by atoms with Crippen molar-refractivity contribution < 1.29 is 9.15 Å². The average Bonchev–Trinajstić information content (AvgIpc) is 2.73. The van der Waals surface area contributed by atoms with Gasteiger partial charge < -0.3 is 9.15 Å². The van der Waals surface area contributed by atoms with E-state index in [4.69, 9.17) is 20.8 Å². The quantitative estimate of drug-likeness (QED) is 0.642. The van der Waals surface area contributed by atoms with E-state index in [9.17, 15) is 0 Å². The van der Waals surface area contributed by atoms with Crippen LogP contribution in [-0.2, 0) is 0 Å². The van der Waals surface area contributed by atoms with Crippen molar-refractivity contribution in [2.75, 3.05) is 7.11 Å². The van der Waals surface area contributed by atoms with Gasteiger partial charge in [-0.15, -0.1) is 0 Å². The third-order valence-electron chi connectivity index (χ3n) is 2.65. The van der Waals surface area contributed by atoms with Gasteiger partial charge in [-0.2, -0.15) is 0 Å². The smallest absolute Gasteiger partial charge is 0.137 e. The summed E-state index contributed by atoms with van der Waals surface area (Å²) in [5, 5.41) is 0.645. The number of aryl methyl sites for hydroxylation is 1. The molecule has 0 spiro atoms. The number of halogens is 3. The highest BCUT2D eigenvalue weighted by Gasteiger charge is 2.22. The van der Waals surface area contributed by atoms with Crippen molar-refractivity contribution in [1.29, 1.82) is 0 Å². The summed E-state index contributed by atoms with van der Waals surface area (Å²) in [6.45, 7) is 2.00. The summed E-state index contributed by atoms with van der Waals surface area (Å²) in [4.78, 5) is -0.0996. The Balaban J connectivity index is 2.54. The molecule has 1 unspecified atom stereocenters. The molecule has 2 rings (SSSR count). The molecule has 1 atom stereocenters. The summed E-state index contributed by atoms with van der Waals surface area (Å²) < 4.78 is 11.7. The summed E-state index contributed by atoms with van der Waals surface area (Å²) in [5.74, 6) is 1.60. The van der Waals surface area contributed by atoms with Crippen LogP contribution < -0.4 is 4.74 Å². The van der Waals surface area contributed by atoms with E-state index >= 15 is 0 Å². The molecular weight excluding hydrogens is 383 g/mol. The molecule has 0 saturated carbocycles. The third-order valence-corrected chi connectivity index (χ3v) is 4.36. The van der Waals surface area contributed by atoms with Gasteiger partial charge in [-0.25, -0.2) is 0 Å². The first kappa shape index (κ1) is 14.0. The van der Waals surface area contributed by atoms with E-state index < -0.39 is 0 Å². The summed E-state index contributed by atoms with van der Waals surface area (Å²) in [6, 6.07) is 5.60. The van der Waals surface area contributed by atoms with Crippen LogP contribution in [0.1, 0.15) is 21.7 Å². The van der Waals surface area contributed by atoms with Gasteiger partial charge in [0.2, 0.25) is 0 Å². The Bertz CT molecular complexity index is 566. The Morgan fingerprint density at radius 1 is 1.39 bits per heavy atom. The van der Waals surface area contributed by atoms with Crippen molar-refractivity contribution in [3.05, 3.63) is 50.8 Å². The van der Waals surface area contributed by atoms with Crippen LogP contribution in [-0.4, -0.2) is 7.11 Å². The van der Waals surface area contributed by atoms with Crippen LogP contribution in [0.4, 0.5) is 0 Å². The van der Waals surface area contributed by atoms with Crippen molar-refractivity contribution in [2.45, 2.75) is 11.8 Å². The van der Waals surface area contributed by atoms with Crippen molar-refractivity contribution in [3.63, 3.8) is 0 Å². The lowest BCUT2D eigenvalue weighted by Crippen LogP contribution is -1.98. The Hall–Kier alpha value is -0.450. The van der Waals surface area contributed by atoms with Gasteiger partial charge in [0, 0.05) is 10.6 Å². The molecule has 0 N–H and O–H groups in total. The number of benzene rings is 1. The molecule has 1 aromatic carbocycles. The molecule has 2 nitrogen and oxygen atoms in total. The molecule has 0 radical (unpaired) electrons. The molecule has 5 heteroatoms. The zero-order chi connectivity index (χ0) is 13.3. The van der Waals surface area contributed by atoms with Crippen LogP contribution >= 0.6 is 43.5 Å². The van der Waals surface area contributed by atoms with Crippen LogP contribution in [0.3, 0.4) is 0 Å². The number of hydrogen-bond acceptors (Lipinski definition) is 2. The zero-order valence-electron chi connectivity index (χ0n) is 9.84. The maximum absolute atomic E-state index is 6.09. The lowest BCUT2D eigenvalue weighted by atomic mass is 10.1. The Labute approximate surface area is 128 Å². The largest absolute Gasteiger partial charge is 0.495 e. The first-order chi connectivity index (χ1) is 8.54. The van der Waals surface area contributed by atoms with Crippen LogP contribution in [0.5, 0.6) is 5.75 Å². The SMILES string of the molecule is COc1c(Br)cc(Cl)cc1C(Br)c1occc1C. The van der Waals surface area contributed by atoms with Gasteiger partial charge >= 0.3 is 0 Å². The van der Waals surface area contributed by atoms with Gasteiger partial charge in [0.15, 0.2) is 0 Å². The second-order valence-corrected chi connectivity index (χ2v) is 6.05. The minimum Gasteiger partial charge on any atom is -0.495 e. The molecule has 0 aliphatic heterocycles. The normalized spacial score (nSPS) is 12.5. The first-order valence-electron chi connectivity index (χ1n) is 5.25. The fourth-order valence-corrected chi connectivity index (χ4v) is 3.57. The van der Waals surface area contributed by atoms with E-state index in [2.05, 4.69) is 31.9 Å². The summed E-state index contributed by atoms with van der Waals surface area (Å²) in [5.41, 5.74) is 2.00. The second kappa shape index (κ2) is 5.68. The molecule has 0 bridgehead atoms. The summed E-state index contributed by atoms with van der Waals surface area (Å²) in [6.07, 6.45) is 1.67. The number of rotatable bonds is 3. The topological polar surface area (TPSA) is 22.4 Å². The summed E-state index contributed by atoms with van der Waals surface area (Å²) in [7, 11) is 1.63. The van der Waals surface area contributed by atoms with E-state index in [1.54, 1.807) is 19.4 Å². The molecule has 1 aromatic heterocycles. The first-order valence-corrected chi connectivity index (χ1v) is 7.34. The highest BCUT2D eigenvalue weighted by atomic mass is 79.9. The maximum atomic E-state index is 6.09. The standard InChI is InChI=1S/C13H11Br2ClO2/c1-7-3-4-18-12(7)11(15)9-5-8(16)6-10(14)13(9)17-2/h3-6,11H,1-2H3. The minimum atomic E-state index is -0.0996. The van der Waals surface area contributed by atoms with Gasteiger partial charge in [0.25, 0.3) is 0 Å². The molecule has 1 heterocycles. The highest BCUT2D eigenvalue weighted by Crippen LogP contribution is 2.43. The van der Waals surface area contributed by atoms with Gasteiger partial charge in [-0.05, 0) is 46.6 Å². The van der Waals surface area contributed by atoms with Crippen molar-refractivity contribution >= 4 is 43.5 Å². The molecule has 0 fully saturated rings. The van der Waals surface area contributed by atoms with E-state index in [0.717, 1.165) is 27.1 Å². The van der Waals surface area contributed by atoms with Crippen molar-refractivity contribution in [1.82, 2.24) is 0 Å². The van der Waals surface area contributed by atoms with Crippen LogP contribution in [0.2, 0.25) is 5.02 Å². The number of hydrogen-bond donors (Lipinski definition) is 0. The molecule has 2 aromatic rings. The zero-order valence-corrected chi connectivity index (χ0v) is 13.8. The fraction of sp³-hybridized carbons (Fsp3) is 0.231. The predicted octanol–water partition coefficient (Wildman–Crippen LogP) is 5.50. The molecule has 18 heavy (non-hydrogen) atoms. The number of alkyl halides is 1. The highest BCUT2D eigenvalue weighted by molar-refractivity contribution is 9.10. The van der Waals surface area contributed by atoms with Gasteiger partial charge in [0.05, 0.1) is 17.8 Å². The van der Waals surface area contributed by atoms with Crippen molar-refractivity contribution in [3.8, 4) is 5.75 Å². The van der Waals surface area contributed by atoms with Gasteiger partial charge in [-0.1, -0.05) is 27.5 Å². The fourth-order valence-electron chi connectivity index (χ4n) is 1.77. The Morgan fingerprint density at radius 2 is 2.11 bits per heavy atom. The maximum Gasteiger partial charge on any atom is 0.137 e. The van der Waals surface area contributed by atoms with Crippen LogP contribution in [0.25, 0.3) is 0 Å². The van der Waals surface area contributed by atoms with E-state index in [1.165, 1.54) is 0 Å². The Morgan fingerprint density at radius 3 is 2.67 bits per heavy atom. The van der Waals surface area contributed by atoms with E-state index in [0.29, 0.717) is 5.02 Å². The Kier molecular flexibility index (Phi) is 4.41. The van der Waals surface area contributed by atoms with Gasteiger partial charge in [-0.3, -0.25) is 0 Å². The van der Waals surface area contributed by atoms with Crippen molar-refractivity contribution in [2.24, 2.45) is 0 Å². The van der Waals surface area contributed by atoms with E-state index in [-0.39, 0.29) is 4.83 Å². The molecule has 0 aliphatic carbocycles.